The molecule has 2 N–H and O–H groups in total. The smallest absolute Gasteiger partial charge is 0.266 e. The molecule has 32 heavy (non-hydrogen) atoms. The van der Waals surface area contributed by atoms with E-state index in [0.717, 1.165) is 11.1 Å². The Kier molecular flexibility index (Phi) is 5.27. The van der Waals surface area contributed by atoms with Gasteiger partial charge in [0.05, 0.1) is 11.6 Å². The molecule has 0 bridgehead atoms. The van der Waals surface area contributed by atoms with Crippen LogP contribution in [0.25, 0.3) is 11.1 Å². The highest BCUT2D eigenvalue weighted by atomic mass is 32.3. The van der Waals surface area contributed by atoms with Gasteiger partial charge in [-0.1, -0.05) is 30.3 Å². The highest BCUT2D eigenvalue weighted by Crippen LogP contribution is 2.47. The molecular formula is C25H25N5OS. The molecule has 1 atom stereocenters. The van der Waals surface area contributed by atoms with E-state index < -0.39 is 15.6 Å². The van der Waals surface area contributed by atoms with Crippen LogP contribution in [0.3, 0.4) is 0 Å². The SMILES string of the molecule is CN1C(=O)C(c2ccc(S(C)(C)C)cc2)(c2cccc(-c3cnccc3C#N)c2)N=C1N. The lowest BCUT2D eigenvalue weighted by molar-refractivity contribution is -0.129. The fraction of sp³-hybridized carbons (Fsp3) is 0.200. The number of hydrogen-bond donors (Lipinski definition) is 1. The Balaban J connectivity index is 1.92. The zero-order chi connectivity index (χ0) is 23.1. The van der Waals surface area contributed by atoms with Crippen LogP contribution in [0.15, 0.2) is 76.9 Å². The molecule has 2 heterocycles. The molecule has 1 unspecified atom stereocenters. The largest absolute Gasteiger partial charge is 0.369 e. The van der Waals surface area contributed by atoms with Gasteiger partial charge in [-0.2, -0.15) is 5.26 Å². The highest BCUT2D eigenvalue weighted by Gasteiger charge is 2.49. The van der Waals surface area contributed by atoms with Crippen LogP contribution in [0.5, 0.6) is 0 Å². The summed E-state index contributed by atoms with van der Waals surface area (Å²) in [4.78, 5) is 25.1. The summed E-state index contributed by atoms with van der Waals surface area (Å²) >= 11 is 0. The molecule has 0 saturated carbocycles. The van der Waals surface area contributed by atoms with Crippen LogP contribution in [-0.4, -0.2) is 47.6 Å². The molecule has 3 aromatic rings. The van der Waals surface area contributed by atoms with Crippen molar-refractivity contribution < 1.29 is 4.79 Å². The summed E-state index contributed by atoms with van der Waals surface area (Å²) < 4.78 is 0. The van der Waals surface area contributed by atoms with E-state index in [9.17, 15) is 10.1 Å². The van der Waals surface area contributed by atoms with E-state index in [4.69, 9.17) is 5.73 Å². The van der Waals surface area contributed by atoms with Crippen molar-refractivity contribution in [1.29, 1.82) is 5.26 Å². The summed E-state index contributed by atoms with van der Waals surface area (Å²) in [5.41, 5.74) is 8.29. The molecule has 0 spiro atoms. The third-order valence-corrected chi connectivity index (χ3v) is 7.44. The van der Waals surface area contributed by atoms with Gasteiger partial charge in [0.15, 0.2) is 11.5 Å². The third kappa shape index (κ3) is 3.43. The first-order chi connectivity index (χ1) is 15.2. The van der Waals surface area contributed by atoms with Crippen LogP contribution in [-0.2, 0) is 10.3 Å². The normalized spacial score (nSPS) is 18.9. The van der Waals surface area contributed by atoms with Gasteiger partial charge in [0.1, 0.15) is 0 Å². The molecule has 1 aliphatic heterocycles. The minimum atomic E-state index is -1.28. The van der Waals surface area contributed by atoms with E-state index in [0.29, 0.717) is 16.7 Å². The molecule has 7 heteroatoms. The first-order valence-corrected chi connectivity index (χ1v) is 12.9. The first-order valence-electron chi connectivity index (χ1n) is 10.1. The molecule has 0 saturated heterocycles. The number of guanidine groups is 1. The van der Waals surface area contributed by atoms with Crippen molar-refractivity contribution in [3.63, 3.8) is 0 Å². The Morgan fingerprint density at radius 1 is 1.06 bits per heavy atom. The molecule has 1 aliphatic rings. The van der Waals surface area contributed by atoms with Crippen molar-refractivity contribution >= 4 is 21.9 Å². The predicted octanol–water partition coefficient (Wildman–Crippen LogP) is 3.70. The first kappa shape index (κ1) is 21.6. The van der Waals surface area contributed by atoms with E-state index in [1.165, 1.54) is 9.80 Å². The van der Waals surface area contributed by atoms with Gasteiger partial charge < -0.3 is 5.73 Å². The van der Waals surface area contributed by atoms with Gasteiger partial charge in [0.25, 0.3) is 5.91 Å². The zero-order valence-corrected chi connectivity index (χ0v) is 19.4. The minimum Gasteiger partial charge on any atom is -0.369 e. The number of nitriles is 1. The van der Waals surface area contributed by atoms with Crippen LogP contribution in [0.1, 0.15) is 16.7 Å². The number of amides is 1. The van der Waals surface area contributed by atoms with Crippen molar-refractivity contribution in [2.75, 3.05) is 25.8 Å². The maximum atomic E-state index is 13.6. The second-order valence-electron chi connectivity index (χ2n) is 8.52. The number of carbonyl (C=O) groups is 1. The molecule has 1 aromatic heterocycles. The minimum absolute atomic E-state index is 0.171. The summed E-state index contributed by atoms with van der Waals surface area (Å²) in [5, 5.41) is 9.52. The van der Waals surface area contributed by atoms with Gasteiger partial charge in [-0.05, 0) is 64.6 Å². The van der Waals surface area contributed by atoms with Gasteiger partial charge in [-0.3, -0.25) is 14.7 Å². The number of aromatic nitrogens is 1. The number of aliphatic imine (C=N–C) groups is 1. The van der Waals surface area contributed by atoms with Crippen molar-refractivity contribution in [2.45, 2.75) is 10.4 Å². The molecule has 0 fully saturated rings. The van der Waals surface area contributed by atoms with Crippen LogP contribution in [0, 0.1) is 11.3 Å². The Morgan fingerprint density at radius 2 is 1.78 bits per heavy atom. The van der Waals surface area contributed by atoms with Crippen LogP contribution < -0.4 is 5.73 Å². The second kappa shape index (κ2) is 7.81. The number of rotatable bonds is 4. The number of nitrogens with two attached hydrogens (primary N) is 1. The average Bonchev–Trinajstić information content (AvgIpc) is 3.03. The lowest BCUT2D eigenvalue weighted by Crippen LogP contribution is -2.41. The summed E-state index contributed by atoms with van der Waals surface area (Å²) in [7, 11) is 0.728. The molecule has 2 aromatic carbocycles. The summed E-state index contributed by atoms with van der Waals surface area (Å²) in [6.07, 6.45) is 9.93. The Labute approximate surface area is 189 Å². The van der Waals surface area contributed by atoms with Crippen molar-refractivity contribution in [3.8, 4) is 17.2 Å². The summed E-state index contributed by atoms with van der Waals surface area (Å²) in [5.74, 6) is -0.0419. The Bertz CT molecular complexity index is 1270. The van der Waals surface area contributed by atoms with Gasteiger partial charge in [-0.25, -0.2) is 15.0 Å². The molecule has 0 radical (unpaired) electrons. The van der Waals surface area contributed by atoms with Crippen molar-refractivity contribution in [1.82, 2.24) is 9.88 Å². The standard InChI is InChI=1S/C25H25N5OS/c1-30-23(31)25(29-24(30)27,19-8-10-21(11-9-19)32(2,3)4)20-7-5-6-17(14-20)22-16-28-13-12-18(22)15-26/h5-14,16H,1-4H3,(H2,27,29). The van der Waals surface area contributed by atoms with E-state index >= 15 is 0 Å². The Hall–Kier alpha value is -3.63. The van der Waals surface area contributed by atoms with Crippen LogP contribution in [0.2, 0.25) is 0 Å². The second-order valence-corrected chi connectivity index (χ2v) is 12.7. The fourth-order valence-electron chi connectivity index (χ4n) is 3.92. The van der Waals surface area contributed by atoms with Crippen LogP contribution in [0.4, 0.5) is 0 Å². The van der Waals surface area contributed by atoms with Gasteiger partial charge >= 0.3 is 0 Å². The van der Waals surface area contributed by atoms with Crippen molar-refractivity contribution in [2.24, 2.45) is 10.7 Å². The highest BCUT2D eigenvalue weighted by molar-refractivity contribution is 8.32. The molecule has 162 valence electrons. The van der Waals surface area contributed by atoms with E-state index in [1.807, 2.05) is 36.4 Å². The van der Waals surface area contributed by atoms with Crippen LogP contribution >= 0.6 is 10.0 Å². The number of carbonyl (C=O) groups excluding carboxylic acids is 1. The van der Waals surface area contributed by atoms with Crippen molar-refractivity contribution in [3.05, 3.63) is 83.7 Å². The Morgan fingerprint density at radius 3 is 2.38 bits per heavy atom. The van der Waals surface area contributed by atoms with Gasteiger partial charge in [-0.15, -0.1) is 0 Å². The topological polar surface area (TPSA) is 95.4 Å². The fourth-order valence-corrected chi connectivity index (χ4v) is 4.87. The number of pyridine rings is 1. The summed E-state index contributed by atoms with van der Waals surface area (Å²) in [6, 6.07) is 19.5. The number of nitrogens with zero attached hydrogens (tertiary/aromatic N) is 4. The van der Waals surface area contributed by atoms with E-state index in [1.54, 1.807) is 25.5 Å². The number of hydrogen-bond acceptors (Lipinski definition) is 5. The van der Waals surface area contributed by atoms with Gasteiger partial charge in [0, 0.05) is 25.0 Å². The molecule has 6 nitrogen and oxygen atoms in total. The third-order valence-electron chi connectivity index (χ3n) is 5.75. The molecule has 1 amide bonds. The predicted molar refractivity (Wildman–Crippen MR) is 130 cm³/mol. The van der Waals surface area contributed by atoms with E-state index in [2.05, 4.69) is 46.9 Å². The molecule has 4 rings (SSSR count). The monoisotopic (exact) mass is 443 g/mol. The lowest BCUT2D eigenvalue weighted by atomic mass is 9.81. The quantitative estimate of drug-likeness (QED) is 0.665. The zero-order valence-electron chi connectivity index (χ0n) is 18.5. The lowest BCUT2D eigenvalue weighted by Gasteiger charge is -2.29. The maximum absolute atomic E-state index is 13.6. The molecule has 0 aliphatic carbocycles. The average molecular weight is 444 g/mol. The molecular weight excluding hydrogens is 418 g/mol. The number of likely N-dealkylation sites (N-methyl/N-ethyl adjacent to an activating group) is 1. The summed E-state index contributed by atoms with van der Waals surface area (Å²) in [6.45, 7) is 0. The van der Waals surface area contributed by atoms with Gasteiger partial charge in [0.2, 0.25) is 0 Å². The number of benzene rings is 2. The van der Waals surface area contributed by atoms with E-state index in [-0.39, 0.29) is 11.9 Å². The maximum Gasteiger partial charge on any atom is 0.266 e.